The first-order valence-corrected chi connectivity index (χ1v) is 9.24. The van der Waals surface area contributed by atoms with Crippen LogP contribution in [0, 0.1) is 11.3 Å². The maximum atomic E-state index is 12.8. The van der Waals surface area contributed by atoms with Crippen LogP contribution in [0.1, 0.15) is 32.1 Å². The van der Waals surface area contributed by atoms with Crippen LogP contribution < -0.4 is 5.73 Å². The molecule has 1 spiro atoms. The number of rotatable bonds is 3. The van der Waals surface area contributed by atoms with E-state index in [1.165, 1.54) is 4.31 Å². The Kier molecular flexibility index (Phi) is 3.99. The van der Waals surface area contributed by atoms with Crippen molar-refractivity contribution in [3.05, 3.63) is 30.3 Å². The van der Waals surface area contributed by atoms with E-state index in [1.54, 1.807) is 30.3 Å². The number of amides is 1. The van der Waals surface area contributed by atoms with Gasteiger partial charge >= 0.3 is 0 Å². The molecule has 0 bridgehead atoms. The van der Waals surface area contributed by atoms with Crippen molar-refractivity contribution >= 4 is 15.9 Å². The zero-order valence-corrected chi connectivity index (χ0v) is 13.4. The van der Waals surface area contributed by atoms with Gasteiger partial charge in [-0.25, -0.2) is 8.42 Å². The van der Waals surface area contributed by atoms with Crippen molar-refractivity contribution in [3.63, 3.8) is 0 Å². The third-order valence-corrected chi connectivity index (χ3v) is 7.02. The fourth-order valence-electron chi connectivity index (χ4n) is 4.00. The van der Waals surface area contributed by atoms with Gasteiger partial charge in [0.15, 0.2) is 0 Å². The maximum absolute atomic E-state index is 12.8. The summed E-state index contributed by atoms with van der Waals surface area (Å²) in [5, 5.41) is 0. The SMILES string of the molecule is NC(=O)C1CN(S(=O)(=O)c2ccccc2)CC12CCCCC2. The third kappa shape index (κ3) is 2.54. The predicted octanol–water partition coefficient (Wildman–Crippen LogP) is 1.74. The minimum absolute atomic E-state index is 0.215. The summed E-state index contributed by atoms with van der Waals surface area (Å²) < 4.78 is 27.1. The Bertz CT molecular complexity index is 651. The van der Waals surface area contributed by atoms with E-state index >= 15 is 0 Å². The van der Waals surface area contributed by atoms with Crippen molar-refractivity contribution in [2.24, 2.45) is 17.1 Å². The highest BCUT2D eigenvalue weighted by molar-refractivity contribution is 7.89. The highest BCUT2D eigenvalue weighted by Gasteiger charge is 2.52. The second-order valence-electron chi connectivity index (χ2n) is 6.49. The Morgan fingerprint density at radius 1 is 1.14 bits per heavy atom. The highest BCUT2D eigenvalue weighted by atomic mass is 32.2. The molecule has 1 saturated carbocycles. The summed E-state index contributed by atoms with van der Waals surface area (Å²) in [7, 11) is -3.55. The van der Waals surface area contributed by atoms with Crippen LogP contribution in [-0.2, 0) is 14.8 Å². The average Bonchev–Trinajstić information content (AvgIpc) is 2.89. The molecule has 6 heteroatoms. The van der Waals surface area contributed by atoms with Crippen molar-refractivity contribution < 1.29 is 13.2 Å². The fraction of sp³-hybridized carbons (Fsp3) is 0.562. The fourth-order valence-corrected chi connectivity index (χ4v) is 5.57. The van der Waals surface area contributed by atoms with E-state index in [0.29, 0.717) is 6.54 Å². The lowest BCUT2D eigenvalue weighted by molar-refractivity contribution is -0.125. The Labute approximate surface area is 131 Å². The van der Waals surface area contributed by atoms with Gasteiger partial charge in [0.1, 0.15) is 0 Å². The molecule has 1 aromatic rings. The molecule has 1 aromatic carbocycles. The van der Waals surface area contributed by atoms with Crippen molar-refractivity contribution in [1.29, 1.82) is 0 Å². The second-order valence-corrected chi connectivity index (χ2v) is 8.43. The normalized spacial score (nSPS) is 25.4. The largest absolute Gasteiger partial charge is 0.369 e. The van der Waals surface area contributed by atoms with E-state index in [9.17, 15) is 13.2 Å². The number of sulfonamides is 1. The molecule has 1 aliphatic carbocycles. The number of benzene rings is 1. The van der Waals surface area contributed by atoms with Gasteiger partial charge in [-0.1, -0.05) is 37.5 Å². The number of hydrogen-bond acceptors (Lipinski definition) is 3. The van der Waals surface area contributed by atoms with Gasteiger partial charge in [0.05, 0.1) is 10.8 Å². The molecule has 2 aliphatic rings. The first-order valence-electron chi connectivity index (χ1n) is 7.80. The van der Waals surface area contributed by atoms with Crippen LogP contribution in [0.15, 0.2) is 35.2 Å². The van der Waals surface area contributed by atoms with Crippen LogP contribution in [0.4, 0.5) is 0 Å². The zero-order chi connectivity index (χ0) is 15.8. The molecule has 1 heterocycles. The lowest BCUT2D eigenvalue weighted by Crippen LogP contribution is -2.40. The van der Waals surface area contributed by atoms with Gasteiger partial charge in [0.25, 0.3) is 0 Å². The molecule has 120 valence electrons. The van der Waals surface area contributed by atoms with E-state index in [1.807, 2.05) is 0 Å². The summed E-state index contributed by atoms with van der Waals surface area (Å²) in [5.41, 5.74) is 5.33. The Morgan fingerprint density at radius 2 is 1.77 bits per heavy atom. The van der Waals surface area contributed by atoms with Gasteiger partial charge in [0.2, 0.25) is 15.9 Å². The summed E-state index contributed by atoms with van der Waals surface area (Å²) in [6.07, 6.45) is 5.02. The number of nitrogens with zero attached hydrogens (tertiary/aromatic N) is 1. The maximum Gasteiger partial charge on any atom is 0.243 e. The molecule has 2 fully saturated rings. The smallest absolute Gasteiger partial charge is 0.243 e. The lowest BCUT2D eigenvalue weighted by Gasteiger charge is -2.36. The van der Waals surface area contributed by atoms with Crippen molar-refractivity contribution in [2.75, 3.05) is 13.1 Å². The minimum atomic E-state index is -3.55. The molecule has 3 rings (SSSR count). The van der Waals surface area contributed by atoms with Gasteiger partial charge in [-0.15, -0.1) is 0 Å². The first-order chi connectivity index (χ1) is 10.5. The average molecular weight is 322 g/mol. The predicted molar refractivity (Wildman–Crippen MR) is 83.4 cm³/mol. The van der Waals surface area contributed by atoms with Crippen LogP contribution >= 0.6 is 0 Å². The number of carbonyl (C=O) groups excluding carboxylic acids is 1. The Morgan fingerprint density at radius 3 is 2.36 bits per heavy atom. The van der Waals surface area contributed by atoms with Crippen LogP contribution in [0.5, 0.6) is 0 Å². The molecule has 1 aliphatic heterocycles. The van der Waals surface area contributed by atoms with Gasteiger partial charge < -0.3 is 5.73 Å². The van der Waals surface area contributed by atoms with Crippen LogP contribution in [-0.4, -0.2) is 31.7 Å². The second kappa shape index (κ2) is 5.66. The number of carbonyl (C=O) groups is 1. The van der Waals surface area contributed by atoms with E-state index in [-0.39, 0.29) is 28.7 Å². The van der Waals surface area contributed by atoms with Gasteiger partial charge in [-0.2, -0.15) is 4.31 Å². The monoisotopic (exact) mass is 322 g/mol. The molecular weight excluding hydrogens is 300 g/mol. The Balaban J connectivity index is 1.92. The van der Waals surface area contributed by atoms with E-state index in [4.69, 9.17) is 5.73 Å². The van der Waals surface area contributed by atoms with Gasteiger partial charge in [-0.05, 0) is 30.4 Å². The molecule has 1 atom stereocenters. The summed E-state index contributed by atoms with van der Waals surface area (Å²) in [6, 6.07) is 8.41. The molecule has 22 heavy (non-hydrogen) atoms. The number of nitrogens with two attached hydrogens (primary N) is 1. The van der Waals surface area contributed by atoms with Gasteiger partial charge in [-0.3, -0.25) is 4.79 Å². The quantitative estimate of drug-likeness (QED) is 0.920. The summed E-state index contributed by atoms with van der Waals surface area (Å²) >= 11 is 0. The standard InChI is InChI=1S/C16H22N2O3S/c17-15(19)14-11-18(12-16(14)9-5-2-6-10-16)22(20,21)13-7-3-1-4-8-13/h1,3-4,7-8,14H,2,5-6,9-12H2,(H2,17,19). The zero-order valence-electron chi connectivity index (χ0n) is 12.6. The molecule has 5 nitrogen and oxygen atoms in total. The van der Waals surface area contributed by atoms with Crippen LogP contribution in [0.2, 0.25) is 0 Å². The summed E-state index contributed by atoms with van der Waals surface area (Å²) in [4.78, 5) is 12.2. The number of primary amides is 1. The van der Waals surface area contributed by atoms with E-state index in [0.717, 1.165) is 32.1 Å². The Hall–Kier alpha value is -1.40. The minimum Gasteiger partial charge on any atom is -0.369 e. The molecule has 1 saturated heterocycles. The van der Waals surface area contributed by atoms with Crippen LogP contribution in [0.25, 0.3) is 0 Å². The third-order valence-electron chi connectivity index (χ3n) is 5.19. The topological polar surface area (TPSA) is 80.5 Å². The van der Waals surface area contributed by atoms with E-state index in [2.05, 4.69) is 0 Å². The molecule has 0 aromatic heterocycles. The van der Waals surface area contributed by atoms with E-state index < -0.39 is 10.0 Å². The van der Waals surface area contributed by atoms with Crippen molar-refractivity contribution in [3.8, 4) is 0 Å². The van der Waals surface area contributed by atoms with Crippen LogP contribution in [0.3, 0.4) is 0 Å². The summed E-state index contributed by atoms with van der Waals surface area (Å²) in [6.45, 7) is 0.629. The molecule has 0 radical (unpaired) electrons. The molecular formula is C16H22N2O3S. The highest BCUT2D eigenvalue weighted by Crippen LogP contribution is 2.48. The summed E-state index contributed by atoms with van der Waals surface area (Å²) in [5.74, 6) is -0.737. The number of hydrogen-bond donors (Lipinski definition) is 1. The molecule has 1 unspecified atom stereocenters. The van der Waals surface area contributed by atoms with Gasteiger partial charge in [0, 0.05) is 13.1 Å². The lowest BCUT2D eigenvalue weighted by atomic mass is 9.67. The van der Waals surface area contributed by atoms with Crippen molar-refractivity contribution in [2.45, 2.75) is 37.0 Å². The molecule has 1 amide bonds. The molecule has 2 N–H and O–H groups in total. The van der Waals surface area contributed by atoms with Crippen molar-refractivity contribution in [1.82, 2.24) is 4.31 Å². The first kappa shape index (κ1) is 15.5.